The predicted molar refractivity (Wildman–Crippen MR) is 132 cm³/mol. The highest BCUT2D eigenvalue weighted by molar-refractivity contribution is 7.98. The molecule has 0 saturated heterocycles. The van der Waals surface area contributed by atoms with Gasteiger partial charge in [-0.3, -0.25) is 14.2 Å². The number of rotatable bonds is 4. The van der Waals surface area contributed by atoms with Crippen molar-refractivity contribution < 1.29 is 0 Å². The van der Waals surface area contributed by atoms with Crippen LogP contribution < -0.4 is 11.1 Å². The zero-order valence-electron chi connectivity index (χ0n) is 17.8. The van der Waals surface area contributed by atoms with Gasteiger partial charge < -0.3 is 4.98 Å². The summed E-state index contributed by atoms with van der Waals surface area (Å²) >= 11 is 2.90. The Balaban J connectivity index is 1.51. The normalized spacial score (nSPS) is 11.5. The van der Waals surface area contributed by atoms with E-state index >= 15 is 0 Å². The summed E-state index contributed by atoms with van der Waals surface area (Å²) in [7, 11) is 1.71. The molecule has 1 N–H and O–H groups in total. The maximum Gasteiger partial charge on any atom is 0.261 e. The number of hydrogen-bond acceptors (Lipinski definition) is 6. The van der Waals surface area contributed by atoms with Gasteiger partial charge in [0.05, 0.1) is 22.0 Å². The summed E-state index contributed by atoms with van der Waals surface area (Å²) in [5, 5.41) is 1.80. The second kappa shape index (κ2) is 8.03. The lowest BCUT2D eigenvalue weighted by atomic mass is 10.0. The molecule has 0 aliphatic heterocycles. The van der Waals surface area contributed by atoms with Crippen LogP contribution in [0, 0.1) is 13.8 Å². The van der Waals surface area contributed by atoms with Crippen molar-refractivity contribution in [3.05, 3.63) is 85.5 Å². The minimum absolute atomic E-state index is 0.0911. The third kappa shape index (κ3) is 3.55. The van der Waals surface area contributed by atoms with Gasteiger partial charge in [0.15, 0.2) is 5.16 Å². The van der Waals surface area contributed by atoms with Gasteiger partial charge in [-0.1, -0.05) is 53.7 Å². The summed E-state index contributed by atoms with van der Waals surface area (Å²) in [5.74, 6) is 0.965. The standard InChI is InChI=1S/C24H20N4O2S2/c1-13-8-10-15(11-9-13)19-14(2)32-22-20(19)21(29)26-18(27-22)12-31-24-25-17-7-5-4-6-16(17)23(30)28(24)3/h4-11H,12H2,1-3H3,(H,26,27,29). The molecule has 0 fully saturated rings. The smallest absolute Gasteiger partial charge is 0.261 e. The van der Waals surface area contributed by atoms with Crippen LogP contribution >= 0.6 is 23.1 Å². The second-order valence-corrected chi connectivity index (χ2v) is 9.80. The van der Waals surface area contributed by atoms with Gasteiger partial charge in [0, 0.05) is 17.5 Å². The van der Waals surface area contributed by atoms with Crippen LogP contribution in [0.4, 0.5) is 0 Å². The molecule has 0 atom stereocenters. The maximum absolute atomic E-state index is 13.0. The Bertz CT molecular complexity index is 1600. The number of benzene rings is 2. The lowest BCUT2D eigenvalue weighted by Crippen LogP contribution is -2.20. The van der Waals surface area contributed by atoms with Gasteiger partial charge in [0.2, 0.25) is 0 Å². The molecule has 0 bridgehead atoms. The van der Waals surface area contributed by atoms with Gasteiger partial charge in [-0.25, -0.2) is 9.97 Å². The number of para-hydroxylation sites is 1. The average Bonchev–Trinajstić information content (AvgIpc) is 3.12. The molecule has 5 aromatic rings. The molecular formula is C24H20N4O2S2. The summed E-state index contributed by atoms with van der Waals surface area (Å²) in [4.78, 5) is 39.7. The van der Waals surface area contributed by atoms with Crippen molar-refractivity contribution in [2.24, 2.45) is 7.05 Å². The number of hydrogen-bond donors (Lipinski definition) is 1. The number of fused-ring (bicyclic) bond motifs is 2. The molecule has 0 aliphatic carbocycles. The summed E-state index contributed by atoms with van der Waals surface area (Å²) < 4.78 is 1.54. The quantitative estimate of drug-likeness (QED) is 0.308. The summed E-state index contributed by atoms with van der Waals surface area (Å²) in [5.41, 5.74) is 3.55. The fraction of sp³-hybridized carbons (Fsp3) is 0.167. The number of H-pyrrole nitrogens is 1. The number of nitrogens with one attached hydrogen (secondary N) is 1. The van der Waals surface area contributed by atoms with Crippen molar-refractivity contribution in [3.63, 3.8) is 0 Å². The molecule has 3 aromatic heterocycles. The fourth-order valence-corrected chi connectivity index (χ4v) is 5.67. The maximum atomic E-state index is 13.0. The van der Waals surface area contributed by atoms with E-state index in [-0.39, 0.29) is 11.1 Å². The molecule has 0 radical (unpaired) electrons. The van der Waals surface area contributed by atoms with E-state index in [0.29, 0.717) is 33.0 Å². The first-order chi connectivity index (χ1) is 15.4. The first-order valence-corrected chi connectivity index (χ1v) is 11.9. The molecule has 0 aliphatic rings. The van der Waals surface area contributed by atoms with Gasteiger partial charge >= 0.3 is 0 Å². The Morgan fingerprint density at radius 3 is 2.56 bits per heavy atom. The van der Waals surface area contributed by atoms with Gasteiger partial charge in [-0.15, -0.1) is 11.3 Å². The highest BCUT2D eigenvalue weighted by Gasteiger charge is 2.17. The average molecular weight is 461 g/mol. The largest absolute Gasteiger partial charge is 0.309 e. The zero-order chi connectivity index (χ0) is 22.4. The summed E-state index contributed by atoms with van der Waals surface area (Å²) in [6, 6.07) is 15.5. The molecule has 8 heteroatoms. The summed E-state index contributed by atoms with van der Waals surface area (Å²) in [6.45, 7) is 4.06. The highest BCUT2D eigenvalue weighted by atomic mass is 32.2. The predicted octanol–water partition coefficient (Wildman–Crippen LogP) is 4.81. The third-order valence-electron chi connectivity index (χ3n) is 5.41. The number of nitrogens with zero attached hydrogens (tertiary/aromatic N) is 3. The first-order valence-electron chi connectivity index (χ1n) is 10.1. The van der Waals surface area contributed by atoms with Crippen LogP contribution in [0.5, 0.6) is 0 Å². The van der Waals surface area contributed by atoms with Gasteiger partial charge in [-0.05, 0) is 31.5 Å². The van der Waals surface area contributed by atoms with E-state index in [2.05, 4.69) is 9.97 Å². The zero-order valence-corrected chi connectivity index (χ0v) is 19.4. The first kappa shape index (κ1) is 20.7. The van der Waals surface area contributed by atoms with E-state index in [4.69, 9.17) is 4.98 Å². The van der Waals surface area contributed by atoms with Crippen molar-refractivity contribution in [1.29, 1.82) is 0 Å². The SMILES string of the molecule is Cc1ccc(-c2c(C)sc3nc(CSc4nc5ccccc5c(=O)n4C)[nH]c(=O)c23)cc1. The van der Waals surface area contributed by atoms with E-state index in [0.717, 1.165) is 20.8 Å². The Morgan fingerprint density at radius 1 is 1.03 bits per heavy atom. The van der Waals surface area contributed by atoms with Crippen LogP contribution in [0.3, 0.4) is 0 Å². The Hall–Kier alpha value is -3.23. The molecule has 5 rings (SSSR count). The molecular weight excluding hydrogens is 440 g/mol. The van der Waals surface area contributed by atoms with Crippen LogP contribution in [0.1, 0.15) is 16.3 Å². The Morgan fingerprint density at radius 2 is 1.78 bits per heavy atom. The van der Waals surface area contributed by atoms with Crippen molar-refractivity contribution in [2.75, 3.05) is 0 Å². The van der Waals surface area contributed by atoms with Crippen molar-refractivity contribution in [1.82, 2.24) is 19.5 Å². The van der Waals surface area contributed by atoms with Crippen LogP contribution in [0.15, 0.2) is 63.3 Å². The molecule has 32 heavy (non-hydrogen) atoms. The number of aromatic amines is 1. The molecule has 0 unspecified atom stereocenters. The van der Waals surface area contributed by atoms with Gasteiger partial charge in [0.1, 0.15) is 10.7 Å². The lowest BCUT2D eigenvalue weighted by molar-refractivity contribution is 0.725. The van der Waals surface area contributed by atoms with Crippen LogP contribution in [-0.2, 0) is 12.8 Å². The minimum atomic E-state index is -0.147. The molecule has 160 valence electrons. The van der Waals surface area contributed by atoms with Crippen LogP contribution in [0.25, 0.3) is 32.2 Å². The second-order valence-electron chi connectivity index (χ2n) is 7.66. The van der Waals surface area contributed by atoms with E-state index in [1.807, 2.05) is 56.3 Å². The molecule has 0 spiro atoms. The monoisotopic (exact) mass is 460 g/mol. The number of thioether (sulfide) groups is 1. The van der Waals surface area contributed by atoms with Crippen molar-refractivity contribution in [2.45, 2.75) is 24.8 Å². The molecule has 0 amide bonds. The third-order valence-corrected chi connectivity index (χ3v) is 7.45. The van der Waals surface area contributed by atoms with Gasteiger partial charge in [0.25, 0.3) is 11.1 Å². The Labute approximate surface area is 192 Å². The van der Waals surface area contributed by atoms with Crippen molar-refractivity contribution >= 4 is 44.2 Å². The summed E-state index contributed by atoms with van der Waals surface area (Å²) in [6.07, 6.45) is 0. The van der Waals surface area contributed by atoms with Crippen LogP contribution in [0.2, 0.25) is 0 Å². The molecule has 3 heterocycles. The minimum Gasteiger partial charge on any atom is -0.309 e. The van der Waals surface area contributed by atoms with Crippen molar-refractivity contribution in [3.8, 4) is 11.1 Å². The van der Waals surface area contributed by atoms with E-state index in [9.17, 15) is 9.59 Å². The number of aryl methyl sites for hydroxylation is 2. The highest BCUT2D eigenvalue weighted by Crippen LogP contribution is 2.35. The van der Waals surface area contributed by atoms with E-state index in [1.165, 1.54) is 33.2 Å². The topological polar surface area (TPSA) is 80.6 Å². The van der Waals surface area contributed by atoms with Crippen LogP contribution in [-0.4, -0.2) is 19.5 Å². The lowest BCUT2D eigenvalue weighted by Gasteiger charge is -2.08. The molecule has 6 nitrogen and oxygen atoms in total. The van der Waals surface area contributed by atoms with E-state index < -0.39 is 0 Å². The van der Waals surface area contributed by atoms with E-state index in [1.54, 1.807) is 13.1 Å². The number of thiophene rings is 1. The molecule has 0 saturated carbocycles. The molecule has 2 aromatic carbocycles. The fourth-order valence-electron chi connectivity index (χ4n) is 3.76. The van der Waals surface area contributed by atoms with Gasteiger partial charge in [-0.2, -0.15) is 0 Å². The Kier molecular flexibility index (Phi) is 5.19. The number of aromatic nitrogens is 4.